The first-order chi connectivity index (χ1) is 10.8. The largest absolute Gasteiger partial charge is 0.293 e. The molecular weight excluding hydrogens is 272 g/mol. The van der Waals surface area contributed by atoms with E-state index in [4.69, 9.17) is 0 Å². The molecule has 22 heavy (non-hydrogen) atoms. The quantitative estimate of drug-likeness (QED) is 0.597. The average Bonchev–Trinajstić information content (AvgIpc) is 2.99. The normalized spacial score (nSPS) is 22.5. The summed E-state index contributed by atoms with van der Waals surface area (Å²) in [7, 11) is 0. The standard InChI is InChI=1S/C19H16N2O/c22-19-16-7-4-8-17(16)21(19)18-12-11-15(13-20-18)10-9-14-5-2-1-3-6-14/h1-3,5-6,11-13,16-17H,4,7-8H2/t16-,17+/m1/s1. The number of nitrogens with zero attached hydrogens (tertiary/aromatic N) is 2. The van der Waals surface area contributed by atoms with Gasteiger partial charge in [0.05, 0.1) is 5.92 Å². The molecule has 2 aliphatic rings. The van der Waals surface area contributed by atoms with Crippen LogP contribution in [0.3, 0.4) is 0 Å². The third kappa shape index (κ3) is 2.17. The number of pyridine rings is 1. The lowest BCUT2D eigenvalue weighted by Gasteiger charge is -2.42. The Labute approximate surface area is 130 Å². The predicted molar refractivity (Wildman–Crippen MR) is 85.3 cm³/mol. The van der Waals surface area contributed by atoms with Gasteiger partial charge in [-0.05, 0) is 37.1 Å². The van der Waals surface area contributed by atoms with Crippen LogP contribution in [0.1, 0.15) is 30.4 Å². The highest BCUT2D eigenvalue weighted by Gasteiger charge is 2.50. The SMILES string of the molecule is O=C1[C@@H]2CCC[C@@H]2N1c1ccc(C#Cc2ccccc2)cn1. The van der Waals surface area contributed by atoms with Gasteiger partial charge in [-0.3, -0.25) is 9.69 Å². The van der Waals surface area contributed by atoms with Gasteiger partial charge in [0.15, 0.2) is 0 Å². The number of carbonyl (C=O) groups is 1. The Bertz CT molecular complexity index is 756. The Balaban J connectivity index is 1.52. The van der Waals surface area contributed by atoms with Gasteiger partial charge in [0.1, 0.15) is 5.82 Å². The molecule has 3 heteroatoms. The second-order valence-corrected chi connectivity index (χ2v) is 5.83. The second-order valence-electron chi connectivity index (χ2n) is 5.83. The van der Waals surface area contributed by atoms with E-state index < -0.39 is 0 Å². The molecule has 4 rings (SSSR count). The summed E-state index contributed by atoms with van der Waals surface area (Å²) in [4.78, 5) is 18.4. The lowest BCUT2D eigenvalue weighted by molar-refractivity contribution is -0.129. The summed E-state index contributed by atoms with van der Waals surface area (Å²) in [5.41, 5.74) is 1.85. The van der Waals surface area contributed by atoms with Gasteiger partial charge in [0.2, 0.25) is 5.91 Å². The zero-order valence-electron chi connectivity index (χ0n) is 12.2. The Kier molecular flexibility index (Phi) is 3.16. The van der Waals surface area contributed by atoms with Gasteiger partial charge in [-0.2, -0.15) is 0 Å². The van der Waals surface area contributed by atoms with E-state index in [1.807, 2.05) is 47.4 Å². The third-order valence-corrected chi connectivity index (χ3v) is 4.49. The van der Waals surface area contributed by atoms with Gasteiger partial charge < -0.3 is 0 Å². The molecule has 1 aliphatic carbocycles. The minimum absolute atomic E-state index is 0.234. The van der Waals surface area contributed by atoms with Crippen molar-refractivity contribution < 1.29 is 4.79 Å². The Hall–Kier alpha value is -2.60. The van der Waals surface area contributed by atoms with E-state index in [2.05, 4.69) is 16.8 Å². The van der Waals surface area contributed by atoms with Crippen molar-refractivity contribution in [1.82, 2.24) is 4.98 Å². The number of β-lactam (4-membered cyclic amide) rings is 1. The van der Waals surface area contributed by atoms with E-state index in [9.17, 15) is 4.79 Å². The van der Waals surface area contributed by atoms with Crippen molar-refractivity contribution in [2.45, 2.75) is 25.3 Å². The lowest BCUT2D eigenvalue weighted by Crippen LogP contribution is -2.58. The zero-order chi connectivity index (χ0) is 14.9. The number of aromatic nitrogens is 1. The Morgan fingerprint density at radius 2 is 1.82 bits per heavy atom. The van der Waals surface area contributed by atoms with Gasteiger partial charge in [-0.25, -0.2) is 4.98 Å². The minimum atomic E-state index is 0.234. The highest BCUT2D eigenvalue weighted by atomic mass is 16.2. The Morgan fingerprint density at radius 3 is 2.59 bits per heavy atom. The molecule has 1 aromatic carbocycles. The topological polar surface area (TPSA) is 33.2 Å². The number of carbonyl (C=O) groups excluding carboxylic acids is 1. The van der Waals surface area contributed by atoms with Crippen LogP contribution in [0.5, 0.6) is 0 Å². The number of hydrogen-bond donors (Lipinski definition) is 0. The smallest absolute Gasteiger partial charge is 0.233 e. The summed E-state index contributed by atoms with van der Waals surface area (Å²) < 4.78 is 0. The molecule has 1 saturated carbocycles. The first-order valence-corrected chi connectivity index (χ1v) is 7.69. The van der Waals surface area contributed by atoms with Crippen molar-refractivity contribution in [2.24, 2.45) is 5.92 Å². The van der Waals surface area contributed by atoms with E-state index in [1.165, 1.54) is 0 Å². The molecular formula is C19H16N2O. The predicted octanol–water partition coefficient (Wildman–Crippen LogP) is 3.00. The lowest BCUT2D eigenvalue weighted by atomic mass is 9.90. The van der Waals surface area contributed by atoms with E-state index in [0.29, 0.717) is 6.04 Å². The number of anilines is 1. The maximum atomic E-state index is 12.1. The molecule has 1 aliphatic heterocycles. The molecule has 1 aromatic heterocycles. The summed E-state index contributed by atoms with van der Waals surface area (Å²) in [5, 5.41) is 0. The maximum Gasteiger partial charge on any atom is 0.233 e. The number of hydrogen-bond acceptors (Lipinski definition) is 2. The fourth-order valence-electron chi connectivity index (χ4n) is 3.35. The van der Waals surface area contributed by atoms with E-state index in [1.54, 1.807) is 6.20 Å². The highest BCUT2D eigenvalue weighted by Crippen LogP contribution is 2.42. The molecule has 108 valence electrons. The molecule has 0 spiro atoms. The van der Waals surface area contributed by atoms with Crippen molar-refractivity contribution in [3.8, 4) is 11.8 Å². The fraction of sp³-hybridized carbons (Fsp3) is 0.263. The maximum absolute atomic E-state index is 12.1. The van der Waals surface area contributed by atoms with Crippen LogP contribution >= 0.6 is 0 Å². The van der Waals surface area contributed by atoms with E-state index >= 15 is 0 Å². The molecule has 0 radical (unpaired) electrons. The first kappa shape index (κ1) is 13.1. The molecule has 2 atom stereocenters. The number of benzene rings is 1. The van der Waals surface area contributed by atoms with Gasteiger partial charge >= 0.3 is 0 Å². The van der Waals surface area contributed by atoms with E-state index in [-0.39, 0.29) is 11.8 Å². The van der Waals surface area contributed by atoms with Crippen LogP contribution in [-0.2, 0) is 4.79 Å². The first-order valence-electron chi connectivity index (χ1n) is 7.69. The van der Waals surface area contributed by atoms with Crippen molar-refractivity contribution in [2.75, 3.05) is 4.90 Å². The van der Waals surface area contributed by atoms with Crippen molar-refractivity contribution in [3.05, 3.63) is 59.8 Å². The van der Waals surface area contributed by atoms with Crippen LogP contribution in [0.25, 0.3) is 0 Å². The van der Waals surface area contributed by atoms with Gasteiger partial charge in [0, 0.05) is 23.4 Å². The van der Waals surface area contributed by atoms with Crippen LogP contribution < -0.4 is 4.90 Å². The van der Waals surface area contributed by atoms with E-state index in [0.717, 1.165) is 36.2 Å². The molecule has 0 N–H and O–H groups in total. The van der Waals surface area contributed by atoms with Gasteiger partial charge in [-0.1, -0.05) is 36.5 Å². The molecule has 2 aromatic rings. The Morgan fingerprint density at radius 1 is 1.00 bits per heavy atom. The molecule has 3 nitrogen and oxygen atoms in total. The van der Waals surface area contributed by atoms with Crippen LogP contribution in [0.4, 0.5) is 5.82 Å². The molecule has 0 bridgehead atoms. The summed E-state index contributed by atoms with van der Waals surface area (Å²) in [6.45, 7) is 0. The summed E-state index contributed by atoms with van der Waals surface area (Å²) >= 11 is 0. The average molecular weight is 288 g/mol. The molecule has 1 saturated heterocycles. The summed E-state index contributed by atoms with van der Waals surface area (Å²) in [6.07, 6.45) is 5.05. The minimum Gasteiger partial charge on any atom is -0.293 e. The highest BCUT2D eigenvalue weighted by molar-refractivity contribution is 6.02. The third-order valence-electron chi connectivity index (χ3n) is 4.49. The number of fused-ring (bicyclic) bond motifs is 1. The van der Waals surface area contributed by atoms with Gasteiger partial charge in [0.25, 0.3) is 0 Å². The van der Waals surface area contributed by atoms with Crippen LogP contribution in [-0.4, -0.2) is 16.9 Å². The zero-order valence-corrected chi connectivity index (χ0v) is 12.2. The fourth-order valence-corrected chi connectivity index (χ4v) is 3.35. The second kappa shape index (κ2) is 5.31. The van der Waals surface area contributed by atoms with Crippen molar-refractivity contribution in [3.63, 3.8) is 0 Å². The van der Waals surface area contributed by atoms with Crippen LogP contribution in [0, 0.1) is 17.8 Å². The summed E-state index contributed by atoms with van der Waals surface area (Å²) in [6, 6.07) is 14.1. The summed E-state index contributed by atoms with van der Waals surface area (Å²) in [5.74, 6) is 7.46. The molecule has 1 amide bonds. The monoisotopic (exact) mass is 288 g/mol. The number of amides is 1. The van der Waals surface area contributed by atoms with Crippen molar-refractivity contribution >= 4 is 11.7 Å². The van der Waals surface area contributed by atoms with Crippen molar-refractivity contribution in [1.29, 1.82) is 0 Å². The van der Waals surface area contributed by atoms with Crippen LogP contribution in [0.2, 0.25) is 0 Å². The molecule has 0 unspecified atom stereocenters. The van der Waals surface area contributed by atoms with Crippen LogP contribution in [0.15, 0.2) is 48.7 Å². The van der Waals surface area contributed by atoms with Gasteiger partial charge in [-0.15, -0.1) is 0 Å². The molecule has 2 fully saturated rings. The number of rotatable bonds is 1. The molecule has 2 heterocycles.